The van der Waals surface area contributed by atoms with Crippen molar-refractivity contribution in [3.63, 3.8) is 0 Å². The Labute approximate surface area is 128 Å². The van der Waals surface area contributed by atoms with Gasteiger partial charge in [-0.15, -0.1) is 11.3 Å². The number of nitrogens with zero attached hydrogens (tertiary/aromatic N) is 4. The number of carbonyl (C=O) groups excluding carboxylic acids is 1. The largest absolute Gasteiger partial charge is 0.334 e. The number of carbonyl (C=O) groups is 1. The van der Waals surface area contributed by atoms with Gasteiger partial charge < -0.3 is 9.88 Å². The first-order valence-corrected chi connectivity index (χ1v) is 7.76. The van der Waals surface area contributed by atoms with Crippen molar-refractivity contribution in [3.05, 3.63) is 29.3 Å². The predicted octanol–water partition coefficient (Wildman–Crippen LogP) is 1.92. The lowest BCUT2D eigenvalue weighted by Crippen LogP contribution is -2.41. The Morgan fingerprint density at radius 3 is 2.86 bits per heavy atom. The molecular weight excluding hydrogens is 286 g/mol. The Morgan fingerprint density at radius 2 is 2.29 bits per heavy atom. The highest BCUT2D eigenvalue weighted by Gasteiger charge is 2.19. The summed E-state index contributed by atoms with van der Waals surface area (Å²) in [6.45, 7) is 7.38. The molecule has 114 valence electrons. The van der Waals surface area contributed by atoms with E-state index in [1.54, 1.807) is 6.20 Å². The van der Waals surface area contributed by atoms with Crippen LogP contribution in [0.5, 0.6) is 0 Å². The van der Waals surface area contributed by atoms with E-state index < -0.39 is 0 Å². The predicted molar refractivity (Wildman–Crippen MR) is 84.5 cm³/mol. The van der Waals surface area contributed by atoms with E-state index >= 15 is 0 Å². The summed E-state index contributed by atoms with van der Waals surface area (Å²) in [5.41, 5.74) is 0.923. The van der Waals surface area contributed by atoms with Crippen LogP contribution in [0.15, 0.2) is 17.8 Å². The van der Waals surface area contributed by atoms with Gasteiger partial charge in [-0.2, -0.15) is 0 Å². The highest BCUT2D eigenvalue weighted by atomic mass is 32.1. The van der Waals surface area contributed by atoms with Gasteiger partial charge in [0.15, 0.2) is 5.13 Å². The molecule has 0 saturated carbocycles. The lowest BCUT2D eigenvalue weighted by Gasteiger charge is -2.23. The number of imidazole rings is 1. The van der Waals surface area contributed by atoms with E-state index in [9.17, 15) is 4.79 Å². The Balaban J connectivity index is 1.85. The number of rotatable bonds is 6. The van der Waals surface area contributed by atoms with Crippen molar-refractivity contribution in [1.29, 1.82) is 0 Å². The van der Waals surface area contributed by atoms with Gasteiger partial charge in [0.1, 0.15) is 5.82 Å². The molecule has 7 heteroatoms. The third-order valence-electron chi connectivity index (χ3n) is 3.51. The first kappa shape index (κ1) is 15.7. The number of amides is 1. The van der Waals surface area contributed by atoms with Crippen LogP contribution >= 0.6 is 11.3 Å². The molecule has 2 heterocycles. The summed E-state index contributed by atoms with van der Waals surface area (Å²) < 4.78 is 2.07. The van der Waals surface area contributed by atoms with E-state index in [1.165, 1.54) is 11.3 Å². The smallest absolute Gasteiger partial charge is 0.243 e. The fourth-order valence-corrected chi connectivity index (χ4v) is 2.61. The molecule has 1 amide bonds. The first-order chi connectivity index (χ1) is 9.97. The van der Waals surface area contributed by atoms with E-state index in [0.29, 0.717) is 5.13 Å². The summed E-state index contributed by atoms with van der Waals surface area (Å²) in [5.74, 6) is 0.952. The molecule has 0 fully saturated rings. The fraction of sp³-hybridized carbons (Fsp3) is 0.500. The van der Waals surface area contributed by atoms with Gasteiger partial charge in [-0.05, 0) is 27.8 Å². The maximum absolute atomic E-state index is 12.2. The van der Waals surface area contributed by atoms with Crippen LogP contribution in [0.3, 0.4) is 0 Å². The summed E-state index contributed by atoms with van der Waals surface area (Å²) in [6.07, 6.45) is 3.74. The maximum atomic E-state index is 12.2. The number of nitrogens with one attached hydrogen (secondary N) is 1. The van der Waals surface area contributed by atoms with Crippen molar-refractivity contribution in [2.75, 3.05) is 18.9 Å². The molecule has 0 aromatic carbocycles. The molecule has 0 radical (unpaired) electrons. The number of anilines is 1. The van der Waals surface area contributed by atoms with E-state index in [1.807, 2.05) is 44.3 Å². The van der Waals surface area contributed by atoms with Crippen molar-refractivity contribution >= 4 is 22.4 Å². The molecular formula is C14H21N5OS. The monoisotopic (exact) mass is 307 g/mol. The van der Waals surface area contributed by atoms with Crippen LogP contribution in [-0.2, 0) is 11.3 Å². The molecule has 1 atom stereocenters. The molecule has 2 aromatic rings. The minimum atomic E-state index is -0.210. The number of likely N-dealkylation sites (N-methyl/N-ethyl adjacent to an activating group) is 1. The lowest BCUT2D eigenvalue weighted by molar-refractivity contribution is -0.120. The van der Waals surface area contributed by atoms with E-state index in [4.69, 9.17) is 0 Å². The number of hydrogen-bond donors (Lipinski definition) is 1. The molecule has 0 spiro atoms. The van der Waals surface area contributed by atoms with E-state index in [0.717, 1.165) is 24.6 Å². The summed E-state index contributed by atoms with van der Waals surface area (Å²) in [6, 6.07) is -0.210. The highest BCUT2D eigenvalue weighted by molar-refractivity contribution is 7.13. The number of aromatic nitrogens is 3. The van der Waals surface area contributed by atoms with Crippen LogP contribution < -0.4 is 5.32 Å². The van der Waals surface area contributed by atoms with Crippen molar-refractivity contribution in [1.82, 2.24) is 19.4 Å². The van der Waals surface area contributed by atoms with E-state index in [2.05, 4.69) is 19.9 Å². The lowest BCUT2D eigenvalue weighted by atomic mass is 10.3. The van der Waals surface area contributed by atoms with E-state index in [-0.39, 0.29) is 11.9 Å². The second-order valence-electron chi connectivity index (χ2n) is 5.11. The molecule has 2 rings (SSSR count). The van der Waals surface area contributed by atoms with Crippen LogP contribution in [0.4, 0.5) is 5.13 Å². The second-order valence-corrected chi connectivity index (χ2v) is 5.97. The fourth-order valence-electron chi connectivity index (χ4n) is 1.92. The van der Waals surface area contributed by atoms with Crippen molar-refractivity contribution < 1.29 is 4.79 Å². The minimum absolute atomic E-state index is 0.0331. The Morgan fingerprint density at radius 1 is 1.52 bits per heavy atom. The molecule has 0 saturated heterocycles. The first-order valence-electron chi connectivity index (χ1n) is 6.88. The average molecular weight is 307 g/mol. The van der Waals surface area contributed by atoms with Gasteiger partial charge in [0, 0.05) is 30.9 Å². The molecule has 0 aliphatic carbocycles. The zero-order valence-electron chi connectivity index (χ0n) is 12.8. The minimum Gasteiger partial charge on any atom is -0.334 e. The van der Waals surface area contributed by atoms with Gasteiger partial charge >= 0.3 is 0 Å². The average Bonchev–Trinajstić information content (AvgIpc) is 3.04. The van der Waals surface area contributed by atoms with Gasteiger partial charge in [-0.1, -0.05) is 0 Å². The topological polar surface area (TPSA) is 63.1 Å². The number of thiazole rings is 1. The van der Waals surface area contributed by atoms with Crippen LogP contribution in [0.1, 0.15) is 18.4 Å². The highest BCUT2D eigenvalue weighted by Crippen LogP contribution is 2.15. The van der Waals surface area contributed by atoms with Gasteiger partial charge in [-0.3, -0.25) is 9.69 Å². The van der Waals surface area contributed by atoms with Crippen LogP contribution in [-0.4, -0.2) is 45.0 Å². The normalized spacial score (nSPS) is 12.6. The Hall–Kier alpha value is -1.73. The van der Waals surface area contributed by atoms with Gasteiger partial charge in [0.25, 0.3) is 0 Å². The zero-order chi connectivity index (χ0) is 15.4. The van der Waals surface area contributed by atoms with Crippen molar-refractivity contribution in [3.8, 4) is 0 Å². The summed E-state index contributed by atoms with van der Waals surface area (Å²) in [4.78, 5) is 22.6. The molecule has 1 N–H and O–H groups in total. The summed E-state index contributed by atoms with van der Waals surface area (Å²) in [7, 11) is 1.95. The van der Waals surface area contributed by atoms with Gasteiger partial charge in [-0.25, -0.2) is 9.97 Å². The summed E-state index contributed by atoms with van der Waals surface area (Å²) in [5, 5.41) is 5.43. The second kappa shape index (κ2) is 6.82. The number of hydrogen-bond acceptors (Lipinski definition) is 5. The van der Waals surface area contributed by atoms with Crippen molar-refractivity contribution in [2.45, 2.75) is 33.4 Å². The molecule has 21 heavy (non-hydrogen) atoms. The molecule has 6 nitrogen and oxygen atoms in total. The molecule has 1 unspecified atom stereocenters. The zero-order valence-corrected chi connectivity index (χ0v) is 13.6. The molecule has 2 aromatic heterocycles. The van der Waals surface area contributed by atoms with Gasteiger partial charge in [0.05, 0.1) is 11.7 Å². The third-order valence-corrected chi connectivity index (χ3v) is 4.38. The Kier molecular flexibility index (Phi) is 5.08. The number of aryl methyl sites for hydroxylation is 2. The molecule has 0 aliphatic heterocycles. The summed E-state index contributed by atoms with van der Waals surface area (Å²) >= 11 is 1.45. The van der Waals surface area contributed by atoms with Gasteiger partial charge in [0.2, 0.25) is 5.91 Å². The van der Waals surface area contributed by atoms with Crippen LogP contribution in [0.25, 0.3) is 0 Å². The standard InChI is InChI=1S/C14H21N5OS/c1-10-9-21-14(16-10)17-13(20)11(2)18(4)7-8-19-6-5-15-12(19)3/h5-6,9,11H,7-8H2,1-4H3,(H,16,17,20). The third kappa shape index (κ3) is 4.12. The molecule has 0 bridgehead atoms. The Bertz CT molecular complexity index is 606. The van der Waals surface area contributed by atoms with Crippen LogP contribution in [0.2, 0.25) is 0 Å². The molecule has 0 aliphatic rings. The maximum Gasteiger partial charge on any atom is 0.243 e. The SMILES string of the molecule is Cc1csc(NC(=O)C(C)N(C)CCn2ccnc2C)n1. The quantitative estimate of drug-likeness (QED) is 0.885. The van der Waals surface area contributed by atoms with Crippen molar-refractivity contribution in [2.24, 2.45) is 0 Å². The van der Waals surface area contributed by atoms with Crippen LogP contribution in [0, 0.1) is 13.8 Å².